The zero-order valence-electron chi connectivity index (χ0n) is 22.7. The molecule has 6 N–H and O–H groups in total. The van der Waals surface area contributed by atoms with Crippen molar-refractivity contribution in [2.75, 3.05) is 38.6 Å². The van der Waals surface area contributed by atoms with Crippen molar-refractivity contribution in [3.05, 3.63) is 54.6 Å². The summed E-state index contributed by atoms with van der Waals surface area (Å²) in [4.78, 5) is 17.2. The Morgan fingerprint density at radius 1 is 0.821 bits per heavy atom. The normalized spacial score (nSPS) is 11.1. The minimum Gasteiger partial charge on any atom is -0.549 e. The van der Waals surface area contributed by atoms with Gasteiger partial charge in [-0.2, -0.15) is 0 Å². The molecule has 0 heterocycles. The highest BCUT2D eigenvalue weighted by atomic mass is 32.2. The quantitative estimate of drug-likeness (QED) is 0.0838. The van der Waals surface area contributed by atoms with E-state index >= 15 is 0 Å². The Balaban J connectivity index is 0.000000406. The number of hydrogen-bond acceptors (Lipinski definition) is 6. The second kappa shape index (κ2) is 18.6. The first-order valence-corrected chi connectivity index (χ1v) is 15.2. The smallest absolute Gasteiger partial charge is 0.345 e. The van der Waals surface area contributed by atoms with Crippen LogP contribution in [-0.4, -0.2) is 69.1 Å². The SMILES string of the molecule is CCNC(NCC)=[NH+]C[NH+]=C(NCC)NCC.O=C([O-])CS(=O)(=O)c1ccc(OS(=O)c2ccccc2)cc1. The molecule has 39 heavy (non-hydrogen) atoms. The van der Waals surface area contributed by atoms with Gasteiger partial charge in [0.2, 0.25) is 11.1 Å². The Morgan fingerprint density at radius 3 is 1.69 bits per heavy atom. The molecule has 12 nitrogen and oxygen atoms in total. The van der Waals surface area contributed by atoms with Gasteiger partial charge in [-0.05, 0) is 64.1 Å². The van der Waals surface area contributed by atoms with Gasteiger partial charge in [-0.1, -0.05) is 18.2 Å². The van der Waals surface area contributed by atoms with Crippen LogP contribution in [0.5, 0.6) is 5.75 Å². The molecule has 14 heteroatoms. The number of nitrogens with one attached hydrogen (secondary N) is 6. The van der Waals surface area contributed by atoms with E-state index in [2.05, 4.69) is 58.9 Å². The Bertz CT molecular complexity index is 1150. The summed E-state index contributed by atoms with van der Waals surface area (Å²) in [6.45, 7) is 12.5. The zero-order valence-corrected chi connectivity index (χ0v) is 24.3. The molecule has 0 spiro atoms. The molecule has 0 aliphatic carbocycles. The van der Waals surface area contributed by atoms with Gasteiger partial charge in [0, 0.05) is 0 Å². The van der Waals surface area contributed by atoms with Crippen molar-refractivity contribution in [3.8, 4) is 5.75 Å². The molecule has 0 aliphatic heterocycles. The Kier molecular flexibility index (Phi) is 15.9. The van der Waals surface area contributed by atoms with Crippen LogP contribution in [0.25, 0.3) is 0 Å². The van der Waals surface area contributed by atoms with E-state index in [0.717, 1.165) is 38.1 Å². The van der Waals surface area contributed by atoms with E-state index in [1.165, 1.54) is 24.3 Å². The van der Waals surface area contributed by atoms with Gasteiger partial charge in [-0.3, -0.25) is 21.3 Å². The fourth-order valence-electron chi connectivity index (χ4n) is 2.91. The largest absolute Gasteiger partial charge is 0.549 e. The third-order valence-corrected chi connectivity index (χ3v) is 7.15. The number of rotatable bonds is 12. The van der Waals surface area contributed by atoms with Crippen LogP contribution >= 0.6 is 0 Å². The van der Waals surface area contributed by atoms with Crippen LogP contribution in [0.2, 0.25) is 0 Å². The summed E-state index contributed by atoms with van der Waals surface area (Å²) in [7, 11) is -3.95. The van der Waals surface area contributed by atoms with E-state index in [0.29, 0.717) is 11.6 Å². The molecule has 0 fully saturated rings. The minimum absolute atomic E-state index is 0.172. The van der Waals surface area contributed by atoms with Crippen molar-refractivity contribution in [3.63, 3.8) is 0 Å². The fourth-order valence-corrected chi connectivity index (χ4v) is 4.70. The minimum atomic E-state index is -3.95. The van der Waals surface area contributed by atoms with E-state index in [-0.39, 0.29) is 10.6 Å². The second-order valence-electron chi connectivity index (χ2n) is 7.64. The van der Waals surface area contributed by atoms with Crippen LogP contribution in [0.4, 0.5) is 0 Å². The van der Waals surface area contributed by atoms with Crippen LogP contribution in [0.3, 0.4) is 0 Å². The van der Waals surface area contributed by atoms with Gasteiger partial charge >= 0.3 is 11.9 Å². The number of carboxylic acid groups (broad SMARTS) is 1. The first-order valence-electron chi connectivity index (χ1n) is 12.5. The lowest BCUT2D eigenvalue weighted by atomic mass is 10.3. The third-order valence-electron chi connectivity index (χ3n) is 4.54. The van der Waals surface area contributed by atoms with Gasteiger partial charge in [-0.15, -0.1) is 0 Å². The van der Waals surface area contributed by atoms with Gasteiger partial charge in [-0.25, -0.2) is 22.6 Å². The van der Waals surface area contributed by atoms with Crippen LogP contribution < -0.4 is 40.5 Å². The number of aliphatic carboxylic acids is 1. The van der Waals surface area contributed by atoms with Crippen molar-refractivity contribution < 1.29 is 36.7 Å². The molecule has 0 radical (unpaired) electrons. The number of sulfone groups is 1. The van der Waals surface area contributed by atoms with E-state index < -0.39 is 32.6 Å². The molecule has 0 amide bonds. The summed E-state index contributed by atoms with van der Waals surface area (Å²) in [6, 6.07) is 13.5. The molecule has 1 atom stereocenters. The topological polar surface area (TPSA) is 177 Å². The summed E-state index contributed by atoms with van der Waals surface area (Å²) in [6.07, 6.45) is 0. The van der Waals surface area contributed by atoms with Gasteiger partial charge in [0.1, 0.15) is 5.75 Å². The lowest BCUT2D eigenvalue weighted by Gasteiger charge is -2.07. The van der Waals surface area contributed by atoms with Crippen molar-refractivity contribution in [1.82, 2.24) is 21.3 Å². The molecule has 216 valence electrons. The maximum absolute atomic E-state index is 11.9. The van der Waals surface area contributed by atoms with Crippen LogP contribution in [0.1, 0.15) is 27.7 Å². The lowest BCUT2D eigenvalue weighted by Crippen LogP contribution is -2.98. The highest BCUT2D eigenvalue weighted by Crippen LogP contribution is 2.19. The Morgan fingerprint density at radius 2 is 1.28 bits per heavy atom. The van der Waals surface area contributed by atoms with Gasteiger partial charge in [0.25, 0.3) is 0 Å². The van der Waals surface area contributed by atoms with Crippen LogP contribution in [0.15, 0.2) is 64.4 Å². The number of carboxylic acids is 1. The van der Waals surface area contributed by atoms with E-state index in [4.69, 9.17) is 4.18 Å². The lowest BCUT2D eigenvalue weighted by molar-refractivity contribution is -0.683. The monoisotopic (exact) mass is 583 g/mol. The highest BCUT2D eigenvalue weighted by molar-refractivity contribution is 7.92. The first-order chi connectivity index (χ1) is 18.7. The molecule has 2 aromatic carbocycles. The molecule has 0 aliphatic rings. The molecular formula is C25H39N6O6S2+. The van der Waals surface area contributed by atoms with Crippen molar-refractivity contribution in [2.45, 2.75) is 37.5 Å². The molecule has 2 aromatic rings. The predicted molar refractivity (Wildman–Crippen MR) is 148 cm³/mol. The van der Waals surface area contributed by atoms with E-state index in [9.17, 15) is 22.5 Å². The summed E-state index contributed by atoms with van der Waals surface area (Å²) < 4.78 is 40.5. The van der Waals surface area contributed by atoms with Crippen molar-refractivity contribution in [1.29, 1.82) is 0 Å². The summed E-state index contributed by atoms with van der Waals surface area (Å²) in [5.74, 6) is -0.659. The molecule has 0 saturated carbocycles. The third kappa shape index (κ3) is 13.6. The van der Waals surface area contributed by atoms with Gasteiger partial charge < -0.3 is 14.1 Å². The number of carbonyl (C=O) groups excluding carboxylic acids is 1. The molecular weight excluding hydrogens is 544 g/mol. The van der Waals surface area contributed by atoms with Gasteiger partial charge in [0.05, 0.1) is 47.7 Å². The molecule has 0 aromatic heterocycles. The van der Waals surface area contributed by atoms with Gasteiger partial charge in [0.15, 0.2) is 16.5 Å². The number of hydrogen-bond donors (Lipinski definition) is 6. The average Bonchev–Trinajstić information content (AvgIpc) is 2.90. The summed E-state index contributed by atoms with van der Waals surface area (Å²) in [5, 5.41) is 23.3. The highest BCUT2D eigenvalue weighted by Gasteiger charge is 2.15. The number of carbonyl (C=O) groups is 1. The Labute approximate surface area is 233 Å². The van der Waals surface area contributed by atoms with Crippen LogP contribution in [-0.2, 0) is 25.7 Å². The molecule has 2 rings (SSSR count). The number of guanidine groups is 2. The predicted octanol–water partition coefficient (Wildman–Crippen LogP) is -3.43. The van der Waals surface area contributed by atoms with E-state index in [1.807, 2.05) is 0 Å². The number of benzene rings is 2. The fraction of sp³-hybridized carbons (Fsp3) is 0.400. The molecule has 0 saturated heterocycles. The van der Waals surface area contributed by atoms with Crippen molar-refractivity contribution >= 4 is 38.8 Å². The van der Waals surface area contributed by atoms with E-state index in [1.54, 1.807) is 30.3 Å². The summed E-state index contributed by atoms with van der Waals surface area (Å²) in [5.41, 5.74) is 0. The molecule has 0 bridgehead atoms. The standard InChI is InChI=1S/C14H12O6S2.C11H26N6/c15-14(16)10-22(18,19)13-8-6-11(7-9-13)20-21(17)12-4-2-1-3-5-12;1-5-12-10(13-6-2)16-9-17-11(14-7-3)15-8-4/h1-9H,10H2,(H,15,16);5-9H2,1-4H3,(H2,12,13,16)(H2,14,15,17)/p+1. The van der Waals surface area contributed by atoms with Crippen LogP contribution in [0, 0.1) is 0 Å². The van der Waals surface area contributed by atoms with Crippen molar-refractivity contribution in [2.24, 2.45) is 0 Å². The summed E-state index contributed by atoms with van der Waals surface area (Å²) >= 11 is -1.72. The first kappa shape index (κ1) is 33.4. The zero-order chi connectivity index (χ0) is 29.1. The second-order valence-corrected chi connectivity index (χ2v) is 10.7. The maximum Gasteiger partial charge on any atom is 0.345 e. The average molecular weight is 584 g/mol. The maximum atomic E-state index is 11.9. The Hall–Kier alpha value is -3.65. The molecule has 1 unspecified atom stereocenters.